The van der Waals surface area contributed by atoms with E-state index in [4.69, 9.17) is 48.1 Å². The summed E-state index contributed by atoms with van der Waals surface area (Å²) >= 11 is 0. The number of rotatable bonds is 26. The number of aryl methyl sites for hydroxylation is 1. The summed E-state index contributed by atoms with van der Waals surface area (Å²) < 4.78 is 159. The quantitative estimate of drug-likeness (QED) is 0.0113. The Morgan fingerprint density at radius 3 is 1.31 bits per heavy atom. The van der Waals surface area contributed by atoms with E-state index in [0.29, 0.717) is 122 Å². The van der Waals surface area contributed by atoms with Gasteiger partial charge in [-0.1, -0.05) is 102 Å². The summed E-state index contributed by atoms with van der Waals surface area (Å²) in [4.78, 5) is 134. The third kappa shape index (κ3) is 39.2. The number of para-hydroxylation sites is 1. The summed E-state index contributed by atoms with van der Waals surface area (Å²) in [5.74, 6) is -2.83. The lowest BCUT2D eigenvalue weighted by Crippen LogP contribution is -2.45. The van der Waals surface area contributed by atoms with Crippen LogP contribution < -0.4 is 28.4 Å². The minimum atomic E-state index is -4.75. The zero-order chi connectivity index (χ0) is 96.6. The fraction of sp³-hybridized carbons (Fsp3) is 0.422. The number of esters is 10. The summed E-state index contributed by atoms with van der Waals surface area (Å²) in [7, 11) is 0. The summed E-state index contributed by atoms with van der Waals surface area (Å²) in [5.41, 5.74) is -2.45. The van der Waals surface area contributed by atoms with Crippen LogP contribution in [-0.2, 0) is 104 Å². The van der Waals surface area contributed by atoms with Gasteiger partial charge >= 0.3 is 78.2 Å². The van der Waals surface area contributed by atoms with Crippen molar-refractivity contribution < 1.29 is 165 Å². The van der Waals surface area contributed by atoms with Gasteiger partial charge < -0.3 is 67.8 Å². The average molecular weight is 1780 g/mol. The van der Waals surface area contributed by atoms with E-state index in [0.717, 1.165) is 34.2 Å². The average Bonchev–Trinajstić information content (AvgIpc) is 1.65. The molecule has 0 bridgehead atoms. The van der Waals surface area contributed by atoms with E-state index in [2.05, 4.69) is 62.1 Å². The zero-order valence-corrected chi connectivity index (χ0v) is 72.3. The first-order valence-electron chi connectivity index (χ1n) is 38.1. The molecule has 2 aliphatic heterocycles. The van der Waals surface area contributed by atoms with Crippen LogP contribution in [0.2, 0.25) is 0 Å². The van der Waals surface area contributed by atoms with Crippen LogP contribution in [0, 0.1) is 0 Å². The van der Waals surface area contributed by atoms with Crippen molar-refractivity contribution in [1.82, 2.24) is 0 Å². The van der Waals surface area contributed by atoms with Crippen molar-refractivity contribution in [3.63, 3.8) is 0 Å². The Balaban J connectivity index is 0.000000715. The van der Waals surface area contributed by atoms with Crippen molar-refractivity contribution in [2.45, 2.75) is 234 Å². The normalized spacial score (nSPS) is 14.3. The molecule has 4 N–H and O–H groups in total. The molecule has 125 heavy (non-hydrogen) atoms. The predicted molar refractivity (Wildman–Crippen MR) is 438 cm³/mol. The number of Topliss-reactive ketones (excluding diaryl/α,β-unsaturated/α-hetero) is 2. The summed E-state index contributed by atoms with van der Waals surface area (Å²) in [5, 5.41) is 36.7. The van der Waals surface area contributed by atoms with Gasteiger partial charge in [-0.05, 0) is 158 Å². The molecule has 0 fully saturated rings. The van der Waals surface area contributed by atoms with Crippen LogP contribution in [0.3, 0.4) is 0 Å². The predicted octanol–water partition coefficient (Wildman–Crippen LogP) is 15.6. The second kappa shape index (κ2) is 48.9. The number of aliphatic hydroxyl groups is 4. The Labute approximate surface area is 718 Å². The van der Waals surface area contributed by atoms with Gasteiger partial charge in [0.1, 0.15) is 41.0 Å². The van der Waals surface area contributed by atoms with Gasteiger partial charge in [-0.15, -0.1) is 0 Å². The highest BCUT2D eigenvalue weighted by atomic mass is 19.4. The molecule has 5 atom stereocenters. The topological polar surface area (TPSA) is 378 Å². The fourth-order valence-electron chi connectivity index (χ4n) is 9.70. The number of hydrogen-bond acceptors (Lipinski definition) is 26. The van der Waals surface area contributed by atoms with Crippen LogP contribution >= 0.6 is 0 Å². The third-order valence-corrected chi connectivity index (χ3v) is 17.0. The van der Waals surface area contributed by atoms with Crippen molar-refractivity contribution in [1.29, 1.82) is 0 Å². The summed E-state index contributed by atoms with van der Waals surface area (Å²) in [6.45, 7) is 47.5. The van der Waals surface area contributed by atoms with E-state index < -0.39 is 121 Å². The number of alkyl halides is 9. The molecular weight excluding hydrogens is 1670 g/mol. The number of fused-ring (bicyclic) bond motifs is 4. The van der Waals surface area contributed by atoms with Crippen LogP contribution in [0.25, 0.3) is 0 Å². The Morgan fingerprint density at radius 2 is 0.840 bits per heavy atom. The van der Waals surface area contributed by atoms with Gasteiger partial charge in [0.15, 0.2) is 34.1 Å². The van der Waals surface area contributed by atoms with E-state index in [1.807, 2.05) is 12.1 Å². The van der Waals surface area contributed by atoms with Crippen molar-refractivity contribution in [3.05, 3.63) is 203 Å². The van der Waals surface area contributed by atoms with Gasteiger partial charge in [0.2, 0.25) is 0 Å². The fourth-order valence-corrected chi connectivity index (χ4v) is 9.70. The molecule has 0 amide bonds. The second-order valence-corrected chi connectivity index (χ2v) is 30.4. The molecule has 4 aromatic rings. The maximum absolute atomic E-state index is 12.4. The van der Waals surface area contributed by atoms with Crippen molar-refractivity contribution in [2.24, 2.45) is 0 Å². The van der Waals surface area contributed by atoms with Gasteiger partial charge in [-0.3, -0.25) is 19.2 Å². The molecule has 4 aromatic carbocycles. The molecule has 0 spiro atoms. The van der Waals surface area contributed by atoms with Gasteiger partial charge in [-0.25, -0.2) is 38.4 Å². The number of halogens is 9. The number of carbonyl (C=O) groups excluding carboxylic acids is 12. The van der Waals surface area contributed by atoms with Gasteiger partial charge in [0.05, 0.1) is 37.2 Å². The minimum absolute atomic E-state index is 0.0418. The van der Waals surface area contributed by atoms with E-state index in [9.17, 15) is 107 Å². The Kier molecular flexibility index (Phi) is 43.5. The molecule has 0 radical (unpaired) electrons. The summed E-state index contributed by atoms with van der Waals surface area (Å²) in [6, 6.07) is 20.6. The molecule has 2 aliphatic carbocycles. The van der Waals surface area contributed by atoms with Crippen LogP contribution in [0.4, 0.5) is 39.5 Å². The first-order valence-corrected chi connectivity index (χ1v) is 38.1. The lowest BCUT2D eigenvalue weighted by atomic mass is 9.96. The summed E-state index contributed by atoms with van der Waals surface area (Å²) in [6.07, 6.45) is -14.4. The van der Waals surface area contributed by atoms with Gasteiger partial charge in [0, 0.05) is 106 Å². The second-order valence-electron chi connectivity index (χ2n) is 30.4. The zero-order valence-electron chi connectivity index (χ0n) is 72.3. The van der Waals surface area contributed by atoms with Crippen LogP contribution in [0.1, 0.15) is 187 Å². The smallest absolute Gasteiger partial charge is 0.417 e. The molecule has 5 unspecified atom stereocenters. The minimum Gasteiger partial charge on any atom is -0.462 e. The highest BCUT2D eigenvalue weighted by Gasteiger charge is 2.53. The van der Waals surface area contributed by atoms with Gasteiger partial charge in [0.25, 0.3) is 0 Å². The Hall–Kier alpha value is -12.0. The monoisotopic (exact) mass is 1770 g/mol. The van der Waals surface area contributed by atoms with Crippen LogP contribution in [-0.4, -0.2) is 158 Å². The maximum atomic E-state index is 12.4. The molecule has 26 nitrogen and oxygen atoms in total. The standard InChI is InChI=1S/2C13H12O3.2C12H10O4.C11H17F3O3.C10H15F3O3.C10H18O3.C9H13F3O3/c1-8(2)13(15)16-12-5-3-4-9-6-10(14)7-11(9)12;1-8(2)13(15)16-11-5-3-4-9-6-7-10(14)12(9)11;1-7(2)12(14)15-9-4-3-8-5-11(13)16-10(8)6-9;1-7(2)12(14)15-9-5-3-4-8-6-10(13)16-11(8)9;1-5-8(17-9(15)7(2)3)6-10(4,16)11(12,13)14;1-6(2)8(14)16-7(3)5-9(4,15)10(11,12)13;1-8(2)9(11)13-7-5-6-10(3,4)12;1-6(2)7(13)15-5-4-8(3,14)9(10,11)12/h2*3-5H,1,6-7H2,2H3;3-4,6H,1,5H2,2H3;3-5H,1,6H2,2H3;8,16H,2,5-6H2,1,3-4H3;7,15H,1,5H2,2-4H3;12H,1,5-7H2,2-4H3;14H,1,4-5H2,2-3H3. The van der Waals surface area contributed by atoms with Crippen LogP contribution in [0.15, 0.2) is 170 Å². The molecule has 2 heterocycles. The first-order chi connectivity index (χ1) is 57.2. The number of ketones is 2. The highest BCUT2D eigenvalue weighted by molar-refractivity contribution is 6.04. The number of ether oxygens (including phenoxy) is 10. The Morgan fingerprint density at radius 1 is 0.432 bits per heavy atom. The molecule has 0 saturated heterocycles. The first kappa shape index (κ1) is 111. The van der Waals surface area contributed by atoms with Gasteiger partial charge in [-0.2, -0.15) is 39.5 Å². The largest absolute Gasteiger partial charge is 0.462 e. The lowest BCUT2D eigenvalue weighted by Gasteiger charge is -2.29. The molecule has 8 rings (SSSR count). The van der Waals surface area contributed by atoms with Crippen molar-refractivity contribution in [2.75, 3.05) is 13.2 Å². The van der Waals surface area contributed by atoms with E-state index in [1.54, 1.807) is 110 Å². The van der Waals surface area contributed by atoms with Crippen LogP contribution in [0.5, 0.6) is 34.5 Å². The van der Waals surface area contributed by atoms with Crippen molar-refractivity contribution in [3.8, 4) is 34.5 Å². The molecule has 0 aromatic heterocycles. The third-order valence-electron chi connectivity index (χ3n) is 17.0. The van der Waals surface area contributed by atoms with E-state index >= 15 is 0 Å². The number of hydrogen-bond donors (Lipinski definition) is 4. The SMILES string of the molecule is C=C(C)C(=O)OC(C)CC(C)(O)C(F)(F)F.C=C(C)C(=O)OC(CC)CC(C)(O)C(F)(F)F.C=C(C)C(=O)OCCC(C)(O)C(F)(F)F.C=C(C)C(=O)OCCCC(C)(C)O.C=C(C)C(=O)Oc1ccc2c(c1)OC(=O)C2.C=C(C)C(=O)Oc1cccc2c1C(=O)CC2.C=C(C)C(=O)Oc1cccc2c1CC(=O)C2.C=C(C)C(=O)Oc1cccc2c1OC(=O)C2. The molecule has 4 aliphatic rings. The highest BCUT2D eigenvalue weighted by Crippen LogP contribution is 2.40. The molecule has 35 heteroatoms. The van der Waals surface area contributed by atoms with Crippen molar-refractivity contribution >= 4 is 71.3 Å². The number of carbonyl (C=O) groups is 12. The maximum Gasteiger partial charge on any atom is 0.417 e. The lowest BCUT2D eigenvalue weighted by molar-refractivity contribution is -0.261. The van der Waals surface area contributed by atoms with E-state index in [1.165, 1.54) is 33.8 Å². The Bertz CT molecular complexity index is 4610. The number of benzene rings is 4. The van der Waals surface area contributed by atoms with E-state index in [-0.39, 0.29) is 71.2 Å². The molecule has 686 valence electrons. The molecule has 0 saturated carbocycles. The molecular formula is C90H107F9O26.